The molecule has 0 aliphatic carbocycles. The molecule has 3 rings (SSSR count). The van der Waals surface area contributed by atoms with Crippen molar-refractivity contribution in [3.8, 4) is 11.1 Å². The highest BCUT2D eigenvalue weighted by molar-refractivity contribution is 6.30. The van der Waals surface area contributed by atoms with Gasteiger partial charge in [0.2, 0.25) is 0 Å². The molecule has 0 fully saturated rings. The molecule has 3 nitrogen and oxygen atoms in total. The second-order valence-corrected chi connectivity index (χ2v) is 5.50. The predicted molar refractivity (Wildman–Crippen MR) is 93.6 cm³/mol. The number of aromatic carboxylic acids is 1. The number of anilines is 2. The second-order valence-electron chi connectivity index (χ2n) is 5.07. The minimum absolute atomic E-state index is 0.213. The molecule has 0 bridgehead atoms. The molecule has 0 amide bonds. The van der Waals surface area contributed by atoms with Crippen molar-refractivity contribution in [1.29, 1.82) is 0 Å². The van der Waals surface area contributed by atoms with Crippen LogP contribution in [0, 0.1) is 0 Å². The molecule has 3 aromatic rings. The zero-order valence-corrected chi connectivity index (χ0v) is 12.9. The maximum atomic E-state index is 11.5. The van der Waals surface area contributed by atoms with Gasteiger partial charge in [0.25, 0.3) is 0 Å². The Balaban J connectivity index is 2.04. The van der Waals surface area contributed by atoms with Crippen molar-refractivity contribution in [3.05, 3.63) is 83.4 Å². The standard InChI is InChI=1S/C19H14ClNO2/c20-15-7-4-8-16(12-15)21-18-11-14(9-10-17(18)19(22)23)13-5-2-1-3-6-13/h1-12,21H,(H,22,23). The van der Waals surface area contributed by atoms with E-state index in [2.05, 4.69) is 5.32 Å². The molecule has 2 N–H and O–H groups in total. The molecule has 0 aromatic heterocycles. The molecule has 0 spiro atoms. The number of nitrogens with one attached hydrogen (secondary N) is 1. The van der Waals surface area contributed by atoms with Crippen LogP contribution in [0.3, 0.4) is 0 Å². The Hall–Kier alpha value is -2.78. The van der Waals surface area contributed by atoms with Crippen LogP contribution in [0.25, 0.3) is 11.1 Å². The van der Waals surface area contributed by atoms with Crippen molar-refractivity contribution in [1.82, 2.24) is 0 Å². The van der Waals surface area contributed by atoms with Crippen molar-refractivity contribution in [2.75, 3.05) is 5.32 Å². The lowest BCUT2D eigenvalue weighted by molar-refractivity contribution is 0.0698. The Morgan fingerprint density at radius 3 is 2.35 bits per heavy atom. The van der Waals surface area contributed by atoms with E-state index in [1.54, 1.807) is 18.2 Å². The predicted octanol–water partition coefficient (Wildman–Crippen LogP) is 5.45. The van der Waals surface area contributed by atoms with Crippen molar-refractivity contribution in [2.45, 2.75) is 0 Å². The zero-order valence-electron chi connectivity index (χ0n) is 12.2. The Morgan fingerprint density at radius 2 is 1.65 bits per heavy atom. The van der Waals surface area contributed by atoms with Gasteiger partial charge < -0.3 is 10.4 Å². The first-order valence-electron chi connectivity index (χ1n) is 7.09. The summed E-state index contributed by atoms with van der Waals surface area (Å²) in [5.74, 6) is -0.978. The molecular formula is C19H14ClNO2. The van der Waals surface area contributed by atoms with E-state index >= 15 is 0 Å². The van der Waals surface area contributed by atoms with Gasteiger partial charge in [0.1, 0.15) is 0 Å². The highest BCUT2D eigenvalue weighted by atomic mass is 35.5. The topological polar surface area (TPSA) is 49.3 Å². The van der Waals surface area contributed by atoms with Gasteiger partial charge in [-0.15, -0.1) is 0 Å². The van der Waals surface area contributed by atoms with Gasteiger partial charge in [-0.1, -0.05) is 54.1 Å². The first-order chi connectivity index (χ1) is 11.1. The molecule has 114 valence electrons. The second kappa shape index (κ2) is 6.55. The number of halogens is 1. The lowest BCUT2D eigenvalue weighted by Crippen LogP contribution is -2.03. The summed E-state index contributed by atoms with van der Waals surface area (Å²) < 4.78 is 0. The Labute approximate surface area is 139 Å². The quantitative estimate of drug-likeness (QED) is 0.671. The first-order valence-corrected chi connectivity index (χ1v) is 7.46. The van der Waals surface area contributed by atoms with Crippen molar-refractivity contribution >= 4 is 28.9 Å². The fourth-order valence-corrected chi connectivity index (χ4v) is 2.56. The molecule has 0 aliphatic rings. The molecule has 0 heterocycles. The minimum Gasteiger partial charge on any atom is -0.478 e. The summed E-state index contributed by atoms with van der Waals surface area (Å²) in [5.41, 5.74) is 3.45. The van der Waals surface area contributed by atoms with Gasteiger partial charge >= 0.3 is 5.97 Å². The monoisotopic (exact) mass is 323 g/mol. The fourth-order valence-electron chi connectivity index (χ4n) is 2.37. The van der Waals surface area contributed by atoms with Gasteiger partial charge in [0, 0.05) is 10.7 Å². The number of carboxylic acid groups (broad SMARTS) is 1. The molecule has 4 heteroatoms. The van der Waals surface area contributed by atoms with Crippen LogP contribution < -0.4 is 5.32 Å². The van der Waals surface area contributed by atoms with Crippen molar-refractivity contribution < 1.29 is 9.90 Å². The molecule has 0 aliphatic heterocycles. The summed E-state index contributed by atoms with van der Waals surface area (Å²) >= 11 is 5.98. The molecule has 0 unspecified atom stereocenters. The largest absolute Gasteiger partial charge is 0.478 e. The highest BCUT2D eigenvalue weighted by Crippen LogP contribution is 2.29. The summed E-state index contributed by atoms with van der Waals surface area (Å²) in [7, 11) is 0. The molecule has 3 aromatic carbocycles. The van der Waals surface area contributed by atoms with Gasteiger partial charge in [-0.05, 0) is 41.5 Å². The first kappa shape index (κ1) is 15.1. The van der Waals surface area contributed by atoms with E-state index < -0.39 is 5.97 Å². The van der Waals surface area contributed by atoms with Gasteiger partial charge in [0.15, 0.2) is 0 Å². The molecule has 0 atom stereocenters. The number of hydrogen-bond donors (Lipinski definition) is 2. The lowest BCUT2D eigenvalue weighted by atomic mass is 10.0. The summed E-state index contributed by atoms with van der Waals surface area (Å²) in [6, 6.07) is 22.2. The molecule has 0 saturated carbocycles. The number of hydrogen-bond acceptors (Lipinski definition) is 2. The number of benzene rings is 3. The van der Waals surface area contributed by atoms with Crippen LogP contribution in [0.1, 0.15) is 10.4 Å². The van der Waals surface area contributed by atoms with Crippen LogP contribution in [-0.2, 0) is 0 Å². The molecule has 0 saturated heterocycles. The van der Waals surface area contributed by atoms with Crippen LogP contribution >= 0.6 is 11.6 Å². The average Bonchev–Trinajstić information content (AvgIpc) is 2.55. The zero-order chi connectivity index (χ0) is 16.2. The molecule has 0 radical (unpaired) electrons. The number of rotatable bonds is 4. The molecule has 23 heavy (non-hydrogen) atoms. The van der Waals surface area contributed by atoms with Crippen LogP contribution in [0.4, 0.5) is 11.4 Å². The minimum atomic E-state index is -0.978. The Kier molecular flexibility index (Phi) is 4.31. The third kappa shape index (κ3) is 3.52. The van der Waals surface area contributed by atoms with Gasteiger partial charge in [-0.3, -0.25) is 0 Å². The third-order valence-electron chi connectivity index (χ3n) is 3.46. The van der Waals surface area contributed by atoms with E-state index in [9.17, 15) is 9.90 Å². The van der Waals surface area contributed by atoms with Crippen LogP contribution in [0.2, 0.25) is 5.02 Å². The SMILES string of the molecule is O=C(O)c1ccc(-c2ccccc2)cc1Nc1cccc(Cl)c1. The van der Waals surface area contributed by atoms with E-state index in [0.717, 1.165) is 16.8 Å². The van der Waals surface area contributed by atoms with E-state index in [1.165, 1.54) is 0 Å². The van der Waals surface area contributed by atoms with Crippen molar-refractivity contribution in [2.24, 2.45) is 0 Å². The maximum absolute atomic E-state index is 11.5. The highest BCUT2D eigenvalue weighted by Gasteiger charge is 2.12. The maximum Gasteiger partial charge on any atom is 0.337 e. The van der Waals surface area contributed by atoms with Gasteiger partial charge in [-0.2, -0.15) is 0 Å². The van der Waals surface area contributed by atoms with Crippen LogP contribution in [0.15, 0.2) is 72.8 Å². The van der Waals surface area contributed by atoms with Crippen LogP contribution in [0.5, 0.6) is 0 Å². The van der Waals surface area contributed by atoms with E-state index in [0.29, 0.717) is 10.7 Å². The Bertz CT molecular complexity index is 847. The normalized spacial score (nSPS) is 10.3. The number of carbonyl (C=O) groups is 1. The summed E-state index contributed by atoms with van der Waals surface area (Å²) in [6.07, 6.45) is 0. The summed E-state index contributed by atoms with van der Waals surface area (Å²) in [4.78, 5) is 11.5. The van der Waals surface area contributed by atoms with Crippen LogP contribution in [-0.4, -0.2) is 11.1 Å². The van der Waals surface area contributed by atoms with Gasteiger partial charge in [0.05, 0.1) is 11.3 Å². The smallest absolute Gasteiger partial charge is 0.337 e. The van der Waals surface area contributed by atoms with E-state index in [-0.39, 0.29) is 5.56 Å². The summed E-state index contributed by atoms with van der Waals surface area (Å²) in [6.45, 7) is 0. The van der Waals surface area contributed by atoms with E-state index in [4.69, 9.17) is 11.6 Å². The van der Waals surface area contributed by atoms with E-state index in [1.807, 2.05) is 54.6 Å². The number of carboxylic acids is 1. The molecular weight excluding hydrogens is 310 g/mol. The third-order valence-corrected chi connectivity index (χ3v) is 3.70. The van der Waals surface area contributed by atoms with Crippen molar-refractivity contribution in [3.63, 3.8) is 0 Å². The average molecular weight is 324 g/mol. The summed E-state index contributed by atoms with van der Waals surface area (Å²) in [5, 5.41) is 13.1. The van der Waals surface area contributed by atoms with Gasteiger partial charge in [-0.25, -0.2) is 4.79 Å². The Morgan fingerprint density at radius 1 is 0.870 bits per heavy atom. The fraction of sp³-hybridized carbons (Fsp3) is 0. The lowest BCUT2D eigenvalue weighted by Gasteiger charge is -2.12.